The van der Waals surface area contributed by atoms with Crippen LogP contribution in [-0.2, 0) is 0 Å². The molecule has 20 heavy (non-hydrogen) atoms. The van der Waals surface area contributed by atoms with Crippen LogP contribution in [0.1, 0.15) is 31.4 Å². The third kappa shape index (κ3) is 3.87. The van der Waals surface area contributed by atoms with Crippen molar-refractivity contribution < 1.29 is 5.11 Å². The van der Waals surface area contributed by atoms with Gasteiger partial charge in [0.1, 0.15) is 6.10 Å². The summed E-state index contributed by atoms with van der Waals surface area (Å²) in [4.78, 5) is 6.40. The summed E-state index contributed by atoms with van der Waals surface area (Å²) in [5.74, 6) is 1.16. The minimum Gasteiger partial charge on any atom is -0.386 e. The van der Waals surface area contributed by atoms with Crippen molar-refractivity contribution in [2.24, 2.45) is 16.6 Å². The van der Waals surface area contributed by atoms with E-state index in [9.17, 15) is 5.11 Å². The Labute approximate surface area is 125 Å². The van der Waals surface area contributed by atoms with E-state index in [1.54, 1.807) is 6.07 Å². The van der Waals surface area contributed by atoms with E-state index >= 15 is 0 Å². The first-order valence-electron chi connectivity index (χ1n) is 7.05. The van der Waals surface area contributed by atoms with Crippen molar-refractivity contribution in [2.75, 3.05) is 19.6 Å². The van der Waals surface area contributed by atoms with E-state index in [4.69, 9.17) is 17.3 Å². The number of aliphatic hydroxyl groups is 1. The molecule has 1 fully saturated rings. The number of guanidine groups is 1. The number of nitrogens with zero attached hydrogens (tertiary/aromatic N) is 2. The van der Waals surface area contributed by atoms with Crippen LogP contribution in [0.2, 0.25) is 5.02 Å². The number of aliphatic imine (C=N–C) groups is 1. The fraction of sp³-hybridized carbons (Fsp3) is 0.533. The first-order valence-corrected chi connectivity index (χ1v) is 7.43. The van der Waals surface area contributed by atoms with Gasteiger partial charge in [-0.05, 0) is 24.8 Å². The molecule has 110 valence electrons. The Morgan fingerprint density at radius 1 is 1.55 bits per heavy atom. The highest BCUT2D eigenvalue weighted by Crippen LogP contribution is 2.22. The number of benzene rings is 1. The maximum atomic E-state index is 10.1. The summed E-state index contributed by atoms with van der Waals surface area (Å²) in [6, 6.07) is 7.26. The topological polar surface area (TPSA) is 61.8 Å². The molecule has 0 radical (unpaired) electrons. The summed E-state index contributed by atoms with van der Waals surface area (Å²) in [5.41, 5.74) is 6.70. The zero-order valence-electron chi connectivity index (χ0n) is 11.8. The van der Waals surface area contributed by atoms with E-state index in [1.807, 2.05) is 18.2 Å². The van der Waals surface area contributed by atoms with Crippen LogP contribution < -0.4 is 5.73 Å². The Bertz CT molecular complexity index is 478. The van der Waals surface area contributed by atoms with Gasteiger partial charge >= 0.3 is 0 Å². The molecule has 1 aliphatic heterocycles. The SMILES string of the molecule is CC1CCCN(C(N)=NCC(O)c2ccccc2Cl)C1. The third-order valence-corrected chi connectivity index (χ3v) is 4.02. The number of hydrogen-bond donors (Lipinski definition) is 2. The molecule has 1 aromatic rings. The molecular weight excluding hydrogens is 274 g/mol. The average molecular weight is 296 g/mol. The molecule has 0 bridgehead atoms. The van der Waals surface area contributed by atoms with Gasteiger partial charge in [0, 0.05) is 23.7 Å². The van der Waals surface area contributed by atoms with Crippen LogP contribution >= 0.6 is 11.6 Å². The van der Waals surface area contributed by atoms with Crippen LogP contribution in [0.25, 0.3) is 0 Å². The van der Waals surface area contributed by atoms with Gasteiger partial charge in [0.15, 0.2) is 5.96 Å². The van der Waals surface area contributed by atoms with E-state index in [-0.39, 0.29) is 6.54 Å². The van der Waals surface area contributed by atoms with E-state index in [0.717, 1.165) is 19.5 Å². The lowest BCUT2D eigenvalue weighted by atomic mass is 10.0. The molecule has 2 atom stereocenters. The van der Waals surface area contributed by atoms with Gasteiger partial charge in [0.05, 0.1) is 6.54 Å². The van der Waals surface area contributed by atoms with Gasteiger partial charge in [-0.2, -0.15) is 0 Å². The number of rotatable bonds is 3. The Hall–Kier alpha value is -1.26. The van der Waals surface area contributed by atoms with Crippen molar-refractivity contribution in [3.05, 3.63) is 34.9 Å². The van der Waals surface area contributed by atoms with Gasteiger partial charge in [-0.3, -0.25) is 4.99 Å². The number of piperidine rings is 1. The van der Waals surface area contributed by atoms with Crippen LogP contribution in [0.3, 0.4) is 0 Å². The molecule has 1 aromatic carbocycles. The second kappa shape index (κ2) is 6.95. The molecule has 0 saturated carbocycles. The van der Waals surface area contributed by atoms with Crippen LogP contribution in [0.4, 0.5) is 0 Å². The van der Waals surface area contributed by atoms with Crippen molar-refractivity contribution >= 4 is 17.6 Å². The summed E-state index contributed by atoms with van der Waals surface area (Å²) < 4.78 is 0. The highest BCUT2D eigenvalue weighted by Gasteiger charge is 2.18. The molecular formula is C15H22ClN3O. The highest BCUT2D eigenvalue weighted by atomic mass is 35.5. The number of hydrogen-bond acceptors (Lipinski definition) is 2. The van der Waals surface area contributed by atoms with Crippen molar-refractivity contribution in [1.82, 2.24) is 4.90 Å². The minimum absolute atomic E-state index is 0.237. The Morgan fingerprint density at radius 2 is 2.30 bits per heavy atom. The first kappa shape index (κ1) is 15.1. The second-order valence-corrected chi connectivity index (χ2v) is 5.84. The fourth-order valence-corrected chi connectivity index (χ4v) is 2.78. The maximum absolute atomic E-state index is 10.1. The van der Waals surface area contributed by atoms with Crippen LogP contribution in [-0.4, -0.2) is 35.6 Å². The largest absolute Gasteiger partial charge is 0.386 e. The molecule has 0 amide bonds. The molecule has 2 unspecified atom stereocenters. The summed E-state index contributed by atoms with van der Waals surface area (Å²) in [6.45, 7) is 4.35. The zero-order chi connectivity index (χ0) is 14.5. The van der Waals surface area contributed by atoms with Gasteiger partial charge in [0.25, 0.3) is 0 Å². The second-order valence-electron chi connectivity index (χ2n) is 5.43. The molecule has 0 spiro atoms. The van der Waals surface area contributed by atoms with E-state index in [1.165, 1.54) is 6.42 Å². The molecule has 0 aliphatic carbocycles. The lowest BCUT2D eigenvalue weighted by Crippen LogP contribution is -2.43. The summed E-state index contributed by atoms with van der Waals surface area (Å²) in [7, 11) is 0. The molecule has 1 saturated heterocycles. The van der Waals surface area contributed by atoms with Crippen molar-refractivity contribution in [3.8, 4) is 0 Å². The summed E-state index contributed by atoms with van der Waals surface area (Å²) in [6.07, 6.45) is 1.67. The Kier molecular flexibility index (Phi) is 5.26. The minimum atomic E-state index is -0.718. The standard InChI is InChI=1S/C15H22ClN3O/c1-11-5-4-8-19(10-11)15(17)18-9-14(20)12-6-2-3-7-13(12)16/h2-3,6-7,11,14,20H,4-5,8-10H2,1H3,(H2,17,18). The summed E-state index contributed by atoms with van der Waals surface area (Å²) in [5, 5.41) is 10.7. The predicted molar refractivity (Wildman–Crippen MR) is 82.9 cm³/mol. The fourth-order valence-electron chi connectivity index (χ4n) is 2.52. The van der Waals surface area contributed by atoms with Crippen molar-refractivity contribution in [3.63, 3.8) is 0 Å². The molecule has 5 heteroatoms. The van der Waals surface area contributed by atoms with E-state index < -0.39 is 6.10 Å². The first-order chi connectivity index (χ1) is 9.58. The lowest BCUT2D eigenvalue weighted by molar-refractivity contribution is 0.186. The Morgan fingerprint density at radius 3 is 3.00 bits per heavy atom. The van der Waals surface area contributed by atoms with Gasteiger partial charge in [0.2, 0.25) is 0 Å². The molecule has 3 N–H and O–H groups in total. The van der Waals surface area contributed by atoms with Gasteiger partial charge in [-0.15, -0.1) is 0 Å². The molecule has 1 aliphatic rings. The van der Waals surface area contributed by atoms with E-state index in [2.05, 4.69) is 16.8 Å². The summed E-state index contributed by atoms with van der Waals surface area (Å²) >= 11 is 6.05. The molecule has 2 rings (SSSR count). The van der Waals surface area contributed by atoms with Gasteiger partial charge in [-0.1, -0.05) is 36.7 Å². The van der Waals surface area contributed by atoms with Crippen molar-refractivity contribution in [1.29, 1.82) is 0 Å². The van der Waals surface area contributed by atoms with Crippen LogP contribution in [0, 0.1) is 5.92 Å². The molecule has 0 aromatic heterocycles. The quantitative estimate of drug-likeness (QED) is 0.665. The van der Waals surface area contributed by atoms with Crippen molar-refractivity contribution in [2.45, 2.75) is 25.9 Å². The van der Waals surface area contributed by atoms with Gasteiger partial charge in [-0.25, -0.2) is 0 Å². The lowest BCUT2D eigenvalue weighted by Gasteiger charge is -2.31. The highest BCUT2D eigenvalue weighted by molar-refractivity contribution is 6.31. The molecule has 4 nitrogen and oxygen atoms in total. The average Bonchev–Trinajstić information content (AvgIpc) is 2.45. The number of nitrogens with two attached hydrogens (primary N) is 1. The zero-order valence-corrected chi connectivity index (χ0v) is 12.6. The van der Waals surface area contributed by atoms with Crippen LogP contribution in [0.15, 0.2) is 29.3 Å². The molecule has 1 heterocycles. The third-order valence-electron chi connectivity index (χ3n) is 3.67. The normalized spacial score (nSPS) is 21.9. The number of likely N-dealkylation sites (tertiary alicyclic amines) is 1. The maximum Gasteiger partial charge on any atom is 0.191 e. The van der Waals surface area contributed by atoms with Gasteiger partial charge < -0.3 is 15.7 Å². The monoisotopic (exact) mass is 295 g/mol. The van der Waals surface area contributed by atoms with Crippen LogP contribution in [0.5, 0.6) is 0 Å². The number of halogens is 1. The smallest absolute Gasteiger partial charge is 0.191 e. The van der Waals surface area contributed by atoms with E-state index in [0.29, 0.717) is 22.5 Å². The number of aliphatic hydroxyl groups excluding tert-OH is 1. The predicted octanol–water partition coefficient (Wildman–Crippen LogP) is 2.42. The Balaban J connectivity index is 1.96.